The van der Waals surface area contributed by atoms with Crippen molar-refractivity contribution in [3.63, 3.8) is 0 Å². The molecule has 0 spiro atoms. The van der Waals surface area contributed by atoms with Gasteiger partial charge < -0.3 is 0 Å². The van der Waals surface area contributed by atoms with Gasteiger partial charge in [-0.15, -0.1) is 0 Å². The van der Waals surface area contributed by atoms with Crippen LogP contribution in [0.2, 0.25) is 0 Å². The van der Waals surface area contributed by atoms with Crippen molar-refractivity contribution in [3.8, 4) is 0 Å². The normalized spacial score (nSPS) is 21.3. The highest BCUT2D eigenvalue weighted by Crippen LogP contribution is 2.45. The highest BCUT2D eigenvalue weighted by atomic mass is 14.4. The Kier molecular flexibility index (Phi) is 48.5. The van der Waals surface area contributed by atoms with Crippen LogP contribution < -0.4 is 0 Å². The van der Waals surface area contributed by atoms with Crippen LogP contribution in [0, 0.1) is 33.0 Å². The monoisotopic (exact) mass is 1610 g/mol. The molecule has 0 N–H and O–H groups in total. The van der Waals surface area contributed by atoms with Gasteiger partial charge in [-0.25, -0.2) is 0 Å². The van der Waals surface area contributed by atoms with Crippen LogP contribution in [0.3, 0.4) is 0 Å². The molecular formula is C120H168. The number of allylic oxidation sites excluding steroid dienone is 68. The topological polar surface area (TPSA) is 0 Å². The van der Waals surface area contributed by atoms with Crippen molar-refractivity contribution in [1.29, 1.82) is 0 Å². The summed E-state index contributed by atoms with van der Waals surface area (Å²) in [6.45, 7) is 67.6. The van der Waals surface area contributed by atoms with Gasteiger partial charge in [0.15, 0.2) is 0 Å². The molecular weight excluding hydrogens is 1440 g/mol. The molecule has 648 valence electrons. The summed E-state index contributed by atoms with van der Waals surface area (Å²) in [7, 11) is 0. The van der Waals surface area contributed by atoms with Gasteiger partial charge in [-0.3, -0.25) is 0 Å². The van der Waals surface area contributed by atoms with E-state index < -0.39 is 0 Å². The molecule has 0 aliphatic heterocycles. The second kappa shape index (κ2) is 55.2. The van der Waals surface area contributed by atoms with Gasteiger partial charge in [-0.05, 0) is 291 Å². The summed E-state index contributed by atoms with van der Waals surface area (Å²) in [5.41, 5.74) is 33.1. The molecule has 0 aromatic heterocycles. The van der Waals surface area contributed by atoms with Crippen LogP contribution in [-0.4, -0.2) is 0 Å². The summed E-state index contributed by atoms with van der Waals surface area (Å²) in [5.74, 6) is 0.532. The minimum absolute atomic E-state index is 0.290. The van der Waals surface area contributed by atoms with Crippen LogP contribution in [0.25, 0.3) is 0 Å². The minimum atomic E-state index is 0.290. The fourth-order valence-corrected chi connectivity index (χ4v) is 16.2. The quantitative estimate of drug-likeness (QED) is 0.0454. The second-order valence-electron chi connectivity index (χ2n) is 38.8. The number of hydrogen-bond acceptors (Lipinski definition) is 0. The maximum absolute atomic E-state index is 2.41. The molecule has 0 bridgehead atoms. The Morgan fingerprint density at radius 1 is 0.283 bits per heavy atom. The summed E-state index contributed by atoms with van der Waals surface area (Å²) in [5, 5.41) is 0. The van der Waals surface area contributed by atoms with Crippen LogP contribution >= 0.6 is 0 Å². The average molecular weight is 1610 g/mol. The van der Waals surface area contributed by atoms with E-state index >= 15 is 0 Å². The van der Waals surface area contributed by atoms with Gasteiger partial charge in [0, 0.05) is 5.92 Å². The lowest BCUT2D eigenvalue weighted by Crippen LogP contribution is -2.26. The van der Waals surface area contributed by atoms with Crippen molar-refractivity contribution in [2.24, 2.45) is 33.0 Å². The van der Waals surface area contributed by atoms with Crippen molar-refractivity contribution in [3.05, 3.63) is 402 Å². The summed E-state index contributed by atoms with van der Waals surface area (Å²) >= 11 is 0. The molecule has 1 unspecified atom stereocenters. The molecule has 0 aromatic rings. The van der Waals surface area contributed by atoms with Crippen molar-refractivity contribution in [2.45, 2.75) is 310 Å². The second-order valence-corrected chi connectivity index (χ2v) is 38.8. The molecule has 0 saturated heterocycles. The van der Waals surface area contributed by atoms with Gasteiger partial charge in [-0.1, -0.05) is 449 Å². The lowest BCUT2D eigenvalue weighted by atomic mass is 9.68. The first kappa shape index (κ1) is 105. The molecule has 0 saturated carbocycles. The standard InChI is InChI=1S/3C40H56/c2*1-31(19-13-21-33(3)25-27-37-35(5)23-15-29-39(37,7)8)17-11-12-18-32(2)20-14-22-34(4)26-28-38-36(6)24-16-30-40(38,9)10;1-32(2)18-13-21-35(5)24-15-26-36(6)25-14-22-33(3)19-11-12-20-34(4)23-16-27-37(7)29-30-39-38(8)28-17-31-40(39,9)10/h11-14,17-22,25-28H,15-16,23-24,29-30H2,1-10H3;11-14,17-23,25-28,37H,15-16,24,29-30H2,1-10H3;11-12,14-16,18-20,22-27,29-30H,13,17,21,28,31H2,1-10H3/b12-11+,19-13+,20-14+,27-25+,28-26+,31-17-,32-18+,33-21+,34-22+;12-11+,19-13+,20-14+,27-25+,28-26+,31-17+,32-18+,33-21+,34-22+;12-11+,22-14+,23-16+,26-15+,30-29+,33-19+,34-20+,35-24+,36-25+,37-27+. The Labute approximate surface area is 740 Å². The molecule has 0 amide bonds. The van der Waals surface area contributed by atoms with Crippen molar-refractivity contribution < 1.29 is 0 Å². The molecule has 5 aliphatic carbocycles. The van der Waals surface area contributed by atoms with Crippen LogP contribution in [0.4, 0.5) is 0 Å². The molecule has 0 heteroatoms. The highest BCUT2D eigenvalue weighted by Gasteiger charge is 2.32. The maximum Gasteiger partial charge on any atom is 0.00285 e. The van der Waals surface area contributed by atoms with E-state index in [-0.39, 0.29) is 5.41 Å². The van der Waals surface area contributed by atoms with Gasteiger partial charge in [0.1, 0.15) is 0 Å². The van der Waals surface area contributed by atoms with Crippen LogP contribution in [-0.2, 0) is 0 Å². The van der Waals surface area contributed by atoms with Crippen LogP contribution in [0.1, 0.15) is 310 Å². The Hall–Kier alpha value is -8.84. The molecule has 5 rings (SSSR count). The van der Waals surface area contributed by atoms with Gasteiger partial charge >= 0.3 is 0 Å². The third kappa shape index (κ3) is 44.1. The van der Waals surface area contributed by atoms with E-state index in [9.17, 15) is 0 Å². The summed E-state index contributed by atoms with van der Waals surface area (Å²) in [4.78, 5) is 0. The van der Waals surface area contributed by atoms with Crippen molar-refractivity contribution >= 4 is 0 Å². The predicted molar refractivity (Wildman–Crippen MR) is 546 cm³/mol. The van der Waals surface area contributed by atoms with Gasteiger partial charge in [0.05, 0.1) is 0 Å². The molecule has 1 atom stereocenters. The SMILES string of the molecule is CC(C)=CCC/C(C)=C/C=C/C(C)=C/C=C/C(C)=C/C=C/C=C(C)/C=C/C=C(C)/C=C/C1=C(C)CCCC1(C)C.CC1=C(/C=C/C(C)=C/C=C/C(C)=C\C=C\C=C(C)\C=C\C=C(C)\C=C\C2=C(C)CCCC2(C)C)C(C)(C)CCC1.CC1=CCCC(C)(C)C1/C=C/C(C)=C/C=C/C(C)=C/C=C/C=C(C)/C=C/C=C(C)/C=C/C1=C(C)CCCC1(C)C. The van der Waals surface area contributed by atoms with E-state index in [4.69, 9.17) is 0 Å². The first-order valence-corrected chi connectivity index (χ1v) is 45.5. The largest absolute Gasteiger partial charge is 0.0856 e. The smallest absolute Gasteiger partial charge is 0.00285 e. The lowest BCUT2D eigenvalue weighted by Gasteiger charge is -2.36. The average Bonchev–Trinajstić information content (AvgIpc) is 0.846. The lowest BCUT2D eigenvalue weighted by molar-refractivity contribution is 0.255. The molecule has 0 fully saturated rings. The first-order valence-electron chi connectivity index (χ1n) is 45.5. The third-order valence-corrected chi connectivity index (χ3v) is 24.0. The Balaban J connectivity index is 0.000000465. The molecule has 0 radical (unpaired) electrons. The molecule has 0 nitrogen and oxygen atoms in total. The zero-order valence-corrected chi connectivity index (χ0v) is 81.9. The van der Waals surface area contributed by atoms with E-state index in [1.807, 2.05) is 0 Å². The van der Waals surface area contributed by atoms with Crippen molar-refractivity contribution in [2.75, 3.05) is 0 Å². The Bertz CT molecular complexity index is 4400. The van der Waals surface area contributed by atoms with E-state index in [2.05, 4.69) is 481 Å². The molecule has 0 heterocycles. The Morgan fingerprint density at radius 2 is 0.508 bits per heavy atom. The van der Waals surface area contributed by atoms with Crippen LogP contribution in [0.15, 0.2) is 402 Å². The molecule has 120 heavy (non-hydrogen) atoms. The van der Waals surface area contributed by atoms with Crippen molar-refractivity contribution in [1.82, 2.24) is 0 Å². The maximum atomic E-state index is 2.41. The van der Waals surface area contributed by atoms with E-state index in [1.54, 1.807) is 22.3 Å². The van der Waals surface area contributed by atoms with Gasteiger partial charge in [0.25, 0.3) is 0 Å². The summed E-state index contributed by atoms with van der Waals surface area (Å²) in [6, 6.07) is 0. The first-order chi connectivity index (χ1) is 56.5. The third-order valence-electron chi connectivity index (χ3n) is 24.0. The van der Waals surface area contributed by atoms with E-state index in [1.165, 1.54) is 196 Å². The Morgan fingerprint density at radius 3 is 0.742 bits per heavy atom. The van der Waals surface area contributed by atoms with E-state index in [0.717, 1.165) is 12.8 Å². The summed E-state index contributed by atoms with van der Waals surface area (Å²) in [6.07, 6.45) is 119. The van der Waals surface area contributed by atoms with Crippen LogP contribution in [0.5, 0.6) is 0 Å². The summed E-state index contributed by atoms with van der Waals surface area (Å²) < 4.78 is 0. The highest BCUT2D eigenvalue weighted by molar-refractivity contribution is 5.44. The molecule has 0 aromatic carbocycles. The fraction of sp³-hybridized carbons (Fsp3) is 0.433. The minimum Gasteiger partial charge on any atom is -0.0856 e. The molecule has 5 aliphatic rings. The zero-order chi connectivity index (χ0) is 89.5. The zero-order valence-electron chi connectivity index (χ0n) is 81.9. The van der Waals surface area contributed by atoms with E-state index in [0.29, 0.717) is 27.6 Å². The fourth-order valence-electron chi connectivity index (χ4n) is 16.2. The number of rotatable bonds is 33. The van der Waals surface area contributed by atoms with Gasteiger partial charge in [-0.2, -0.15) is 0 Å². The number of hydrogen-bond donors (Lipinski definition) is 0. The predicted octanol–water partition coefficient (Wildman–Crippen LogP) is 37.8. The van der Waals surface area contributed by atoms with Gasteiger partial charge in [0.2, 0.25) is 0 Å².